The van der Waals surface area contributed by atoms with Crippen LogP contribution in [0.5, 0.6) is 0 Å². The standard InChI is InChI=1S/C15H20F3NO2/c16-15(17,18)12-4-1-10(2-5-12)7-8-19-14(21)11-3-6-13(20)9-11/h1-2,4-5,11,13-14,19-21H,3,6-9H2/t11-,13+,14?/m0/s1. The van der Waals surface area contributed by atoms with Crippen LogP contribution in [0.1, 0.15) is 30.4 Å². The molecule has 0 aromatic heterocycles. The van der Waals surface area contributed by atoms with E-state index in [9.17, 15) is 23.4 Å². The van der Waals surface area contributed by atoms with Crippen LogP contribution in [0, 0.1) is 5.92 Å². The number of nitrogens with one attached hydrogen (secondary N) is 1. The third-order valence-corrected chi connectivity index (χ3v) is 3.94. The second kappa shape index (κ2) is 6.77. The molecule has 3 nitrogen and oxygen atoms in total. The van der Waals surface area contributed by atoms with E-state index in [2.05, 4.69) is 5.32 Å². The quantitative estimate of drug-likeness (QED) is 0.732. The zero-order valence-electron chi connectivity index (χ0n) is 11.6. The molecule has 2 rings (SSSR count). The van der Waals surface area contributed by atoms with Gasteiger partial charge in [0, 0.05) is 12.5 Å². The van der Waals surface area contributed by atoms with Gasteiger partial charge in [-0.15, -0.1) is 0 Å². The zero-order chi connectivity index (χ0) is 15.5. The average molecular weight is 303 g/mol. The summed E-state index contributed by atoms with van der Waals surface area (Å²) in [4.78, 5) is 0. The van der Waals surface area contributed by atoms with E-state index in [1.807, 2.05) is 0 Å². The van der Waals surface area contributed by atoms with Gasteiger partial charge in [-0.3, -0.25) is 5.32 Å². The number of aliphatic hydroxyl groups excluding tert-OH is 2. The average Bonchev–Trinajstić information content (AvgIpc) is 2.85. The van der Waals surface area contributed by atoms with Crippen molar-refractivity contribution in [2.45, 2.75) is 44.2 Å². The van der Waals surface area contributed by atoms with Crippen LogP contribution in [0.3, 0.4) is 0 Å². The molecule has 1 aromatic rings. The molecule has 118 valence electrons. The Morgan fingerprint density at radius 2 is 1.86 bits per heavy atom. The maximum absolute atomic E-state index is 12.4. The molecule has 3 N–H and O–H groups in total. The van der Waals surface area contributed by atoms with Gasteiger partial charge in [0.2, 0.25) is 0 Å². The maximum Gasteiger partial charge on any atom is 0.416 e. The Bertz CT molecular complexity index is 447. The highest BCUT2D eigenvalue weighted by Crippen LogP contribution is 2.29. The molecular weight excluding hydrogens is 283 g/mol. The van der Waals surface area contributed by atoms with Crippen LogP contribution in [-0.4, -0.2) is 29.1 Å². The number of alkyl halides is 3. The zero-order valence-corrected chi connectivity index (χ0v) is 11.6. The van der Waals surface area contributed by atoms with E-state index in [0.29, 0.717) is 25.8 Å². The minimum absolute atomic E-state index is 0.0487. The maximum atomic E-state index is 12.4. The van der Waals surface area contributed by atoms with Gasteiger partial charge in [-0.2, -0.15) is 13.2 Å². The normalized spacial score (nSPS) is 24.2. The fourth-order valence-electron chi connectivity index (χ4n) is 2.67. The Morgan fingerprint density at radius 1 is 1.19 bits per heavy atom. The summed E-state index contributed by atoms with van der Waals surface area (Å²) in [6.07, 6.45) is -2.68. The Morgan fingerprint density at radius 3 is 2.38 bits per heavy atom. The van der Waals surface area contributed by atoms with Crippen molar-refractivity contribution in [3.05, 3.63) is 35.4 Å². The number of benzene rings is 1. The molecule has 0 spiro atoms. The number of hydrogen-bond donors (Lipinski definition) is 3. The van der Waals surface area contributed by atoms with E-state index in [1.165, 1.54) is 12.1 Å². The van der Waals surface area contributed by atoms with Crippen molar-refractivity contribution in [2.75, 3.05) is 6.54 Å². The Hall–Kier alpha value is -1.11. The first kappa shape index (κ1) is 16.3. The van der Waals surface area contributed by atoms with Gasteiger partial charge in [0.15, 0.2) is 0 Å². The summed E-state index contributed by atoms with van der Waals surface area (Å²) in [6.45, 7) is 0.485. The van der Waals surface area contributed by atoms with Gasteiger partial charge in [0.1, 0.15) is 6.23 Å². The molecule has 1 unspecified atom stereocenters. The molecule has 1 saturated carbocycles. The van der Waals surface area contributed by atoms with Crippen LogP contribution >= 0.6 is 0 Å². The lowest BCUT2D eigenvalue weighted by molar-refractivity contribution is -0.137. The van der Waals surface area contributed by atoms with E-state index in [1.54, 1.807) is 0 Å². The second-order valence-electron chi connectivity index (χ2n) is 5.57. The number of rotatable bonds is 5. The fraction of sp³-hybridized carbons (Fsp3) is 0.600. The molecule has 3 atom stereocenters. The summed E-state index contributed by atoms with van der Waals surface area (Å²) in [7, 11) is 0. The van der Waals surface area contributed by atoms with Crippen molar-refractivity contribution < 1.29 is 23.4 Å². The molecule has 1 aromatic carbocycles. The summed E-state index contributed by atoms with van der Waals surface area (Å²) in [6, 6.07) is 5.05. The van der Waals surface area contributed by atoms with Gasteiger partial charge < -0.3 is 10.2 Å². The van der Waals surface area contributed by atoms with Crippen molar-refractivity contribution in [1.82, 2.24) is 5.32 Å². The van der Waals surface area contributed by atoms with Crippen LogP contribution in [0.4, 0.5) is 13.2 Å². The first-order valence-electron chi connectivity index (χ1n) is 7.12. The fourth-order valence-corrected chi connectivity index (χ4v) is 2.67. The van der Waals surface area contributed by atoms with Crippen LogP contribution < -0.4 is 5.32 Å². The summed E-state index contributed by atoms with van der Waals surface area (Å²) in [5, 5.41) is 22.3. The molecule has 0 amide bonds. The van der Waals surface area contributed by atoms with Crippen molar-refractivity contribution in [1.29, 1.82) is 0 Å². The third-order valence-electron chi connectivity index (χ3n) is 3.94. The molecule has 6 heteroatoms. The number of hydrogen-bond acceptors (Lipinski definition) is 3. The summed E-state index contributed by atoms with van der Waals surface area (Å²) in [5.41, 5.74) is 0.133. The first-order valence-corrected chi connectivity index (χ1v) is 7.12. The minimum Gasteiger partial charge on any atom is -0.393 e. The smallest absolute Gasteiger partial charge is 0.393 e. The molecule has 0 aliphatic heterocycles. The SMILES string of the molecule is OC(NCCc1ccc(C(F)(F)F)cc1)[C@H]1CC[C@@H](O)C1. The van der Waals surface area contributed by atoms with Crippen molar-refractivity contribution in [3.63, 3.8) is 0 Å². The molecule has 1 fully saturated rings. The second-order valence-corrected chi connectivity index (χ2v) is 5.57. The van der Waals surface area contributed by atoms with Crippen LogP contribution in [0.15, 0.2) is 24.3 Å². The highest BCUT2D eigenvalue weighted by atomic mass is 19.4. The Kier molecular flexibility index (Phi) is 5.24. The lowest BCUT2D eigenvalue weighted by Gasteiger charge is -2.19. The summed E-state index contributed by atoms with van der Waals surface area (Å²) < 4.78 is 37.2. The molecule has 21 heavy (non-hydrogen) atoms. The first-order chi connectivity index (χ1) is 9.86. The van der Waals surface area contributed by atoms with Gasteiger partial charge in [-0.25, -0.2) is 0 Å². The topological polar surface area (TPSA) is 52.5 Å². The van der Waals surface area contributed by atoms with Gasteiger partial charge in [-0.1, -0.05) is 12.1 Å². The van der Waals surface area contributed by atoms with Crippen molar-refractivity contribution in [2.24, 2.45) is 5.92 Å². The molecular formula is C15H20F3NO2. The predicted molar refractivity (Wildman–Crippen MR) is 72.5 cm³/mol. The monoisotopic (exact) mass is 303 g/mol. The third kappa shape index (κ3) is 4.69. The van der Waals surface area contributed by atoms with Crippen molar-refractivity contribution in [3.8, 4) is 0 Å². The van der Waals surface area contributed by atoms with Gasteiger partial charge in [-0.05, 0) is 43.4 Å². The minimum atomic E-state index is -4.31. The van der Waals surface area contributed by atoms with E-state index >= 15 is 0 Å². The van der Waals surface area contributed by atoms with Crippen LogP contribution in [0.2, 0.25) is 0 Å². The van der Waals surface area contributed by atoms with Crippen LogP contribution in [-0.2, 0) is 12.6 Å². The summed E-state index contributed by atoms with van der Waals surface area (Å²) >= 11 is 0. The summed E-state index contributed by atoms with van der Waals surface area (Å²) in [5.74, 6) is 0.0487. The van der Waals surface area contributed by atoms with Crippen molar-refractivity contribution >= 4 is 0 Å². The number of halogens is 3. The van der Waals surface area contributed by atoms with E-state index in [4.69, 9.17) is 0 Å². The highest BCUT2D eigenvalue weighted by Gasteiger charge is 2.30. The largest absolute Gasteiger partial charge is 0.416 e. The molecule has 0 saturated heterocycles. The lowest BCUT2D eigenvalue weighted by Crippen LogP contribution is -2.36. The van der Waals surface area contributed by atoms with Gasteiger partial charge in [0.25, 0.3) is 0 Å². The Labute approximate surface area is 121 Å². The highest BCUT2D eigenvalue weighted by molar-refractivity contribution is 5.24. The van der Waals surface area contributed by atoms with Gasteiger partial charge in [0.05, 0.1) is 11.7 Å². The molecule has 0 bridgehead atoms. The number of aliphatic hydroxyl groups is 2. The van der Waals surface area contributed by atoms with E-state index in [-0.39, 0.29) is 12.0 Å². The predicted octanol–water partition coefficient (Wildman–Crippen LogP) is 2.32. The molecule has 0 heterocycles. The molecule has 0 radical (unpaired) electrons. The molecule has 1 aliphatic carbocycles. The lowest BCUT2D eigenvalue weighted by atomic mass is 10.1. The van der Waals surface area contributed by atoms with E-state index < -0.39 is 18.0 Å². The van der Waals surface area contributed by atoms with Crippen LogP contribution in [0.25, 0.3) is 0 Å². The van der Waals surface area contributed by atoms with Gasteiger partial charge >= 0.3 is 6.18 Å². The molecule has 1 aliphatic rings. The van der Waals surface area contributed by atoms with E-state index in [0.717, 1.165) is 24.1 Å². The Balaban J connectivity index is 1.76.